The first-order valence-corrected chi connectivity index (χ1v) is 3.87. The molecular weight excluding hydrogens is 155 g/mol. The summed E-state index contributed by atoms with van der Waals surface area (Å²) in [7, 11) is 0. The van der Waals surface area contributed by atoms with E-state index < -0.39 is 6.36 Å². The molecule has 2 unspecified atom stereocenters. The Morgan fingerprint density at radius 1 is 1.33 bits per heavy atom. The normalized spacial score (nSPS) is 15.6. The van der Waals surface area contributed by atoms with E-state index in [9.17, 15) is 4.39 Å². The van der Waals surface area contributed by atoms with Crippen LogP contribution in [0.1, 0.15) is 18.6 Å². The molecule has 0 aliphatic heterocycles. The minimum absolute atomic E-state index is 0.237. The molecule has 0 spiro atoms. The van der Waals surface area contributed by atoms with Gasteiger partial charge in [0.1, 0.15) is 0 Å². The summed E-state index contributed by atoms with van der Waals surface area (Å²) in [6, 6.07) is 9.49. The monoisotopic (exact) mass is 167 g/mol. The highest BCUT2D eigenvalue weighted by Crippen LogP contribution is 2.17. The molecule has 1 rings (SSSR count). The molecule has 0 aliphatic carbocycles. The van der Waals surface area contributed by atoms with Crippen LogP contribution in [0.5, 0.6) is 0 Å². The molecule has 0 amide bonds. The molecular formula is C10H12FO. The van der Waals surface area contributed by atoms with Crippen LogP contribution >= 0.6 is 0 Å². The van der Waals surface area contributed by atoms with E-state index in [0.29, 0.717) is 0 Å². The zero-order valence-electron chi connectivity index (χ0n) is 7.03. The zero-order valence-corrected chi connectivity index (χ0v) is 7.03. The molecule has 12 heavy (non-hydrogen) atoms. The fourth-order valence-electron chi connectivity index (χ4n) is 1.02. The summed E-state index contributed by atoms with van der Waals surface area (Å²) < 4.78 is 17.2. The Balaban J connectivity index is 2.59. The standard InChI is InChI=1S/C10H12FO/c1-8(12-9(2)11)10-6-4-3-5-7-10/h3-9H,2H2,1H3. The quantitative estimate of drug-likeness (QED) is 0.672. The molecule has 0 bridgehead atoms. The lowest BCUT2D eigenvalue weighted by Gasteiger charge is -2.13. The molecule has 0 fully saturated rings. The average Bonchev–Trinajstić information content (AvgIpc) is 2.05. The summed E-state index contributed by atoms with van der Waals surface area (Å²) in [4.78, 5) is 0. The zero-order chi connectivity index (χ0) is 8.97. The Morgan fingerprint density at radius 3 is 2.42 bits per heavy atom. The van der Waals surface area contributed by atoms with Crippen LogP contribution < -0.4 is 0 Å². The van der Waals surface area contributed by atoms with Crippen molar-refractivity contribution in [2.45, 2.75) is 19.4 Å². The Morgan fingerprint density at radius 2 is 1.92 bits per heavy atom. The highest BCUT2D eigenvalue weighted by Gasteiger charge is 2.08. The molecule has 0 saturated heterocycles. The predicted molar refractivity (Wildman–Crippen MR) is 46.2 cm³/mol. The van der Waals surface area contributed by atoms with Gasteiger partial charge in [-0.05, 0) is 12.5 Å². The Kier molecular flexibility index (Phi) is 3.23. The highest BCUT2D eigenvalue weighted by molar-refractivity contribution is 5.16. The molecule has 0 N–H and O–H groups in total. The first kappa shape index (κ1) is 9.20. The summed E-state index contributed by atoms with van der Waals surface area (Å²) >= 11 is 0. The molecule has 1 aromatic carbocycles. The van der Waals surface area contributed by atoms with Gasteiger partial charge in [-0.3, -0.25) is 0 Å². The van der Waals surface area contributed by atoms with Crippen LogP contribution in [-0.4, -0.2) is 6.36 Å². The second kappa shape index (κ2) is 4.21. The maximum absolute atomic E-state index is 12.3. The van der Waals surface area contributed by atoms with E-state index in [1.165, 1.54) is 0 Å². The topological polar surface area (TPSA) is 9.23 Å². The second-order valence-electron chi connectivity index (χ2n) is 2.60. The number of benzene rings is 1. The summed E-state index contributed by atoms with van der Waals surface area (Å²) in [6.07, 6.45) is -1.70. The van der Waals surface area contributed by atoms with Crippen molar-refractivity contribution in [1.29, 1.82) is 0 Å². The molecule has 2 atom stereocenters. The minimum atomic E-state index is -1.46. The van der Waals surface area contributed by atoms with E-state index in [1.54, 1.807) is 6.92 Å². The number of ether oxygens (including phenoxy) is 1. The third-order valence-corrected chi connectivity index (χ3v) is 1.62. The largest absolute Gasteiger partial charge is 0.340 e. The Labute approximate surface area is 72.2 Å². The van der Waals surface area contributed by atoms with E-state index in [0.717, 1.165) is 5.56 Å². The van der Waals surface area contributed by atoms with Crippen LogP contribution in [0, 0.1) is 6.92 Å². The van der Waals surface area contributed by atoms with Gasteiger partial charge in [0.15, 0.2) is 6.36 Å². The van der Waals surface area contributed by atoms with Crippen molar-refractivity contribution < 1.29 is 9.13 Å². The number of halogens is 1. The van der Waals surface area contributed by atoms with Gasteiger partial charge in [0.05, 0.1) is 6.10 Å². The van der Waals surface area contributed by atoms with Crippen molar-refractivity contribution in [3.05, 3.63) is 42.8 Å². The van der Waals surface area contributed by atoms with Gasteiger partial charge in [0, 0.05) is 6.92 Å². The van der Waals surface area contributed by atoms with Crippen LogP contribution in [0.15, 0.2) is 30.3 Å². The number of hydrogen-bond acceptors (Lipinski definition) is 1. The molecule has 65 valence electrons. The van der Waals surface area contributed by atoms with Gasteiger partial charge in [-0.15, -0.1) is 0 Å². The number of hydrogen-bond donors (Lipinski definition) is 0. The van der Waals surface area contributed by atoms with Crippen molar-refractivity contribution in [2.75, 3.05) is 0 Å². The third-order valence-electron chi connectivity index (χ3n) is 1.62. The maximum Gasteiger partial charge on any atom is 0.199 e. The van der Waals surface area contributed by atoms with E-state index in [2.05, 4.69) is 6.92 Å². The molecule has 1 radical (unpaired) electrons. The van der Waals surface area contributed by atoms with E-state index >= 15 is 0 Å². The first-order chi connectivity index (χ1) is 5.70. The van der Waals surface area contributed by atoms with E-state index in [-0.39, 0.29) is 6.10 Å². The summed E-state index contributed by atoms with van der Waals surface area (Å²) in [6.45, 7) is 4.91. The fourth-order valence-corrected chi connectivity index (χ4v) is 1.02. The smallest absolute Gasteiger partial charge is 0.199 e. The lowest BCUT2D eigenvalue weighted by atomic mass is 10.1. The number of alkyl halides is 1. The second-order valence-corrected chi connectivity index (χ2v) is 2.60. The van der Waals surface area contributed by atoms with Gasteiger partial charge in [0.2, 0.25) is 0 Å². The molecule has 0 heterocycles. The molecule has 0 aromatic heterocycles. The van der Waals surface area contributed by atoms with Crippen LogP contribution in [-0.2, 0) is 4.74 Å². The Hall–Kier alpha value is -0.890. The third kappa shape index (κ3) is 2.62. The van der Waals surface area contributed by atoms with Crippen molar-refractivity contribution in [3.63, 3.8) is 0 Å². The minimum Gasteiger partial charge on any atom is -0.340 e. The molecule has 2 heteroatoms. The van der Waals surface area contributed by atoms with Crippen molar-refractivity contribution in [1.82, 2.24) is 0 Å². The van der Waals surface area contributed by atoms with Gasteiger partial charge in [-0.25, -0.2) is 4.39 Å². The number of rotatable bonds is 3. The first-order valence-electron chi connectivity index (χ1n) is 3.87. The summed E-state index contributed by atoms with van der Waals surface area (Å²) in [5, 5.41) is 0. The van der Waals surface area contributed by atoms with Crippen molar-refractivity contribution >= 4 is 0 Å². The summed E-state index contributed by atoms with van der Waals surface area (Å²) in [5.41, 5.74) is 0.962. The van der Waals surface area contributed by atoms with Crippen LogP contribution in [0.4, 0.5) is 4.39 Å². The lowest BCUT2D eigenvalue weighted by Crippen LogP contribution is -2.06. The lowest BCUT2D eigenvalue weighted by molar-refractivity contribution is -0.0513. The van der Waals surface area contributed by atoms with E-state index in [1.807, 2.05) is 30.3 Å². The van der Waals surface area contributed by atoms with Gasteiger partial charge in [-0.1, -0.05) is 30.3 Å². The van der Waals surface area contributed by atoms with Crippen LogP contribution in [0.2, 0.25) is 0 Å². The average molecular weight is 167 g/mol. The molecule has 1 nitrogen and oxygen atoms in total. The van der Waals surface area contributed by atoms with Gasteiger partial charge >= 0.3 is 0 Å². The Bertz CT molecular complexity index is 221. The maximum atomic E-state index is 12.3. The van der Waals surface area contributed by atoms with Crippen LogP contribution in [0.3, 0.4) is 0 Å². The molecule has 0 aliphatic rings. The van der Waals surface area contributed by atoms with Gasteiger partial charge in [-0.2, -0.15) is 0 Å². The summed E-state index contributed by atoms with van der Waals surface area (Å²) in [5.74, 6) is 0. The molecule has 0 saturated carbocycles. The van der Waals surface area contributed by atoms with Crippen molar-refractivity contribution in [3.8, 4) is 0 Å². The van der Waals surface area contributed by atoms with Gasteiger partial charge < -0.3 is 4.74 Å². The SMILES string of the molecule is [CH2]C(F)OC(C)c1ccccc1. The molecule has 1 aromatic rings. The highest BCUT2D eigenvalue weighted by atomic mass is 19.1. The van der Waals surface area contributed by atoms with E-state index in [4.69, 9.17) is 4.74 Å². The van der Waals surface area contributed by atoms with Crippen molar-refractivity contribution in [2.24, 2.45) is 0 Å². The van der Waals surface area contributed by atoms with Crippen LogP contribution in [0.25, 0.3) is 0 Å². The van der Waals surface area contributed by atoms with Gasteiger partial charge in [0.25, 0.3) is 0 Å². The predicted octanol–water partition coefficient (Wildman–Crippen LogP) is 2.89. The fraction of sp³-hybridized carbons (Fsp3) is 0.300.